The van der Waals surface area contributed by atoms with Gasteiger partial charge >= 0.3 is 0 Å². The lowest BCUT2D eigenvalue weighted by Gasteiger charge is -2.17. The Balaban J connectivity index is 1.83. The van der Waals surface area contributed by atoms with Gasteiger partial charge in [-0.25, -0.2) is 0 Å². The molecule has 3 aromatic rings. The summed E-state index contributed by atoms with van der Waals surface area (Å²) in [7, 11) is 0. The van der Waals surface area contributed by atoms with Gasteiger partial charge in [0.05, 0.1) is 12.5 Å². The third-order valence-corrected chi connectivity index (χ3v) is 5.40. The fourth-order valence-corrected chi connectivity index (χ4v) is 3.97. The number of alkyl halides is 1. The molecule has 0 atom stereocenters. The molecule has 0 bridgehead atoms. The molecule has 1 aliphatic rings. The summed E-state index contributed by atoms with van der Waals surface area (Å²) in [6, 6.07) is 25.5. The van der Waals surface area contributed by atoms with E-state index in [1.807, 2.05) is 12.1 Å². The monoisotopic (exact) mass is 404 g/mol. The predicted molar refractivity (Wildman–Crippen MR) is 121 cm³/mol. The quantitative estimate of drug-likeness (QED) is 0.326. The minimum Gasteiger partial charge on any atom is -0.493 e. The van der Waals surface area contributed by atoms with Gasteiger partial charge in [-0.2, -0.15) is 0 Å². The van der Waals surface area contributed by atoms with Crippen molar-refractivity contribution in [2.24, 2.45) is 0 Å². The predicted octanol–water partition coefficient (Wildman–Crippen LogP) is 6.61. The maximum Gasteiger partial charge on any atom is 0.122 e. The summed E-state index contributed by atoms with van der Waals surface area (Å²) in [5.41, 5.74) is 7.55. The molecule has 0 N–H and O–H groups in total. The Bertz CT molecular complexity index is 991. The highest BCUT2D eigenvalue weighted by atomic mass is 35.5. The maximum absolute atomic E-state index is 5.74. The Morgan fingerprint density at radius 3 is 2.38 bits per heavy atom. The van der Waals surface area contributed by atoms with Gasteiger partial charge in [-0.3, -0.25) is 0 Å². The molecule has 1 heterocycles. The molecule has 29 heavy (non-hydrogen) atoms. The number of hydrogen-bond acceptors (Lipinski definition) is 2. The highest BCUT2D eigenvalue weighted by Crippen LogP contribution is 2.37. The van der Waals surface area contributed by atoms with E-state index >= 15 is 0 Å². The van der Waals surface area contributed by atoms with Gasteiger partial charge in [-0.1, -0.05) is 55.5 Å². The highest BCUT2D eigenvalue weighted by molar-refractivity contribution is 6.18. The zero-order valence-corrected chi connectivity index (χ0v) is 17.4. The van der Waals surface area contributed by atoms with Crippen molar-refractivity contribution in [2.45, 2.75) is 19.8 Å². The van der Waals surface area contributed by atoms with Gasteiger partial charge in [0, 0.05) is 6.42 Å². The Hall–Kier alpha value is -2.71. The average molecular weight is 405 g/mol. The van der Waals surface area contributed by atoms with Gasteiger partial charge in [0.2, 0.25) is 0 Å². The molecule has 3 aromatic carbocycles. The van der Waals surface area contributed by atoms with E-state index in [-0.39, 0.29) is 0 Å². The largest absolute Gasteiger partial charge is 0.493 e. The second kappa shape index (κ2) is 9.19. The van der Waals surface area contributed by atoms with Crippen molar-refractivity contribution in [3.05, 3.63) is 95.1 Å². The number of allylic oxidation sites excluding steroid dienone is 1. The fraction of sp³-hybridized carbons (Fsp3) is 0.231. The minimum absolute atomic E-state index is 0.485. The summed E-state index contributed by atoms with van der Waals surface area (Å²) in [5.74, 6) is 2.35. The van der Waals surface area contributed by atoms with Crippen LogP contribution < -0.4 is 9.47 Å². The van der Waals surface area contributed by atoms with Gasteiger partial charge in [0.25, 0.3) is 0 Å². The molecule has 0 amide bonds. The third kappa shape index (κ3) is 4.33. The van der Waals surface area contributed by atoms with Crippen LogP contribution in [0.1, 0.15) is 35.6 Å². The molecule has 0 radical (unpaired) electrons. The molecule has 0 saturated carbocycles. The van der Waals surface area contributed by atoms with E-state index in [0.29, 0.717) is 12.5 Å². The van der Waals surface area contributed by atoms with E-state index in [9.17, 15) is 0 Å². The topological polar surface area (TPSA) is 18.5 Å². The number of ether oxygens (including phenoxy) is 2. The summed E-state index contributed by atoms with van der Waals surface area (Å²) in [6.07, 6.45) is 1.92. The van der Waals surface area contributed by atoms with Gasteiger partial charge in [0.1, 0.15) is 18.1 Å². The lowest BCUT2D eigenvalue weighted by atomic mass is 9.87. The molecule has 1 aliphatic heterocycles. The van der Waals surface area contributed by atoms with Crippen LogP contribution in [0.4, 0.5) is 0 Å². The van der Waals surface area contributed by atoms with Crippen LogP contribution in [0.3, 0.4) is 0 Å². The average Bonchev–Trinajstić information content (AvgIpc) is 3.25. The summed E-state index contributed by atoms with van der Waals surface area (Å²) in [6.45, 7) is 3.51. The Morgan fingerprint density at radius 2 is 1.66 bits per heavy atom. The van der Waals surface area contributed by atoms with Crippen molar-refractivity contribution < 1.29 is 9.47 Å². The Morgan fingerprint density at radius 1 is 0.931 bits per heavy atom. The molecule has 4 rings (SSSR count). The summed E-state index contributed by atoms with van der Waals surface area (Å²) in [4.78, 5) is 0. The van der Waals surface area contributed by atoms with E-state index in [2.05, 4.69) is 67.6 Å². The molecule has 148 valence electrons. The number of fused-ring (bicyclic) bond motifs is 1. The molecule has 0 fully saturated rings. The molecule has 0 saturated heterocycles. The summed E-state index contributed by atoms with van der Waals surface area (Å²) in [5, 5.41) is 0. The normalized spacial score (nSPS) is 13.4. The van der Waals surface area contributed by atoms with Crippen LogP contribution in [0.5, 0.6) is 11.5 Å². The zero-order chi connectivity index (χ0) is 20.1. The van der Waals surface area contributed by atoms with Crippen molar-refractivity contribution in [1.29, 1.82) is 0 Å². The van der Waals surface area contributed by atoms with Crippen LogP contribution in [0.2, 0.25) is 0 Å². The van der Waals surface area contributed by atoms with E-state index in [0.717, 1.165) is 30.9 Å². The lowest BCUT2D eigenvalue weighted by molar-refractivity contribution is 0.343. The van der Waals surface area contributed by atoms with E-state index in [4.69, 9.17) is 21.1 Å². The maximum atomic E-state index is 5.74. The van der Waals surface area contributed by atoms with E-state index < -0.39 is 0 Å². The first-order valence-corrected chi connectivity index (χ1v) is 10.7. The smallest absolute Gasteiger partial charge is 0.122 e. The van der Waals surface area contributed by atoms with Crippen molar-refractivity contribution in [1.82, 2.24) is 0 Å². The molecule has 2 nitrogen and oxygen atoms in total. The van der Waals surface area contributed by atoms with Crippen LogP contribution in [-0.4, -0.2) is 19.1 Å². The summed E-state index contributed by atoms with van der Waals surface area (Å²) >= 11 is 5.74. The highest BCUT2D eigenvalue weighted by Gasteiger charge is 2.17. The van der Waals surface area contributed by atoms with E-state index in [1.54, 1.807) is 0 Å². The van der Waals surface area contributed by atoms with Crippen LogP contribution in [0.25, 0.3) is 11.1 Å². The molecular weight excluding hydrogens is 380 g/mol. The fourth-order valence-electron chi connectivity index (χ4n) is 3.89. The van der Waals surface area contributed by atoms with Crippen molar-refractivity contribution in [3.63, 3.8) is 0 Å². The standard InChI is InChI=1S/C26H25ClO2/c1-2-24(21-10-13-25-22(18-21)14-16-29-25)26(19-6-4-3-5-7-19)20-8-11-23(12-9-20)28-17-15-27/h3-13,18H,2,14-17H2,1H3. The molecule has 0 aliphatic carbocycles. The second-order valence-electron chi connectivity index (χ2n) is 7.06. The number of hydrogen-bond donors (Lipinski definition) is 0. The van der Waals surface area contributed by atoms with Crippen LogP contribution in [0.15, 0.2) is 72.8 Å². The zero-order valence-electron chi connectivity index (χ0n) is 16.7. The van der Waals surface area contributed by atoms with Crippen molar-refractivity contribution in [2.75, 3.05) is 19.1 Å². The lowest BCUT2D eigenvalue weighted by Crippen LogP contribution is -1.99. The molecular formula is C26H25ClO2. The first kappa shape index (κ1) is 19.6. The molecule has 0 spiro atoms. The first-order chi connectivity index (χ1) is 14.3. The number of benzene rings is 3. The van der Waals surface area contributed by atoms with Crippen molar-refractivity contribution >= 4 is 22.7 Å². The summed E-state index contributed by atoms with van der Waals surface area (Å²) < 4.78 is 11.4. The molecule has 3 heteroatoms. The minimum atomic E-state index is 0.485. The van der Waals surface area contributed by atoms with Crippen LogP contribution in [0, 0.1) is 0 Å². The SMILES string of the molecule is CCC(=C(c1ccccc1)c1ccc(OCCCl)cc1)c1ccc2c(c1)CCO2. The van der Waals surface area contributed by atoms with Gasteiger partial charge in [-0.05, 0) is 64.1 Å². The Kier molecular flexibility index (Phi) is 6.21. The number of halogens is 1. The molecule has 0 aromatic heterocycles. The van der Waals surface area contributed by atoms with Crippen LogP contribution >= 0.6 is 11.6 Å². The third-order valence-electron chi connectivity index (χ3n) is 5.24. The van der Waals surface area contributed by atoms with E-state index in [1.165, 1.54) is 33.4 Å². The van der Waals surface area contributed by atoms with Gasteiger partial charge in [0.15, 0.2) is 0 Å². The van der Waals surface area contributed by atoms with Crippen LogP contribution in [-0.2, 0) is 6.42 Å². The first-order valence-electron chi connectivity index (χ1n) is 10.1. The Labute approximate surface area is 177 Å². The second-order valence-corrected chi connectivity index (χ2v) is 7.43. The molecule has 0 unspecified atom stereocenters. The van der Waals surface area contributed by atoms with Gasteiger partial charge < -0.3 is 9.47 Å². The van der Waals surface area contributed by atoms with Crippen molar-refractivity contribution in [3.8, 4) is 11.5 Å². The number of rotatable bonds is 7. The van der Waals surface area contributed by atoms with Gasteiger partial charge in [-0.15, -0.1) is 11.6 Å².